The van der Waals surface area contributed by atoms with Gasteiger partial charge in [-0.1, -0.05) is 52.0 Å². The summed E-state index contributed by atoms with van der Waals surface area (Å²) >= 11 is 0. The summed E-state index contributed by atoms with van der Waals surface area (Å²) in [6.45, 7) is 14.0. The lowest BCUT2D eigenvalue weighted by Gasteiger charge is -2.34. The van der Waals surface area contributed by atoms with Crippen LogP contribution in [0.1, 0.15) is 187 Å². The number of ether oxygens (including phenoxy) is 7. The fraction of sp³-hybridized carbons (Fsp3) is 0.519. The predicted octanol–water partition coefficient (Wildman–Crippen LogP) is 13.4. The average Bonchev–Trinajstić information content (AvgIpc) is 1.68. The molecule has 4 amide bonds. The first kappa shape index (κ1) is 70.9. The number of fused-ring (bicyclic) bond motifs is 9. The van der Waals surface area contributed by atoms with Gasteiger partial charge in [0, 0.05) is 85.9 Å². The molecule has 0 radical (unpaired) electrons. The van der Waals surface area contributed by atoms with Crippen LogP contribution in [0.15, 0.2) is 83.7 Å². The number of esters is 1. The molecular weight excluding hydrogens is 1310 g/mol. The van der Waals surface area contributed by atoms with Gasteiger partial charge in [0.2, 0.25) is 17.6 Å². The van der Waals surface area contributed by atoms with Crippen molar-refractivity contribution in [2.75, 3.05) is 41.7 Å². The number of aromatic nitrogens is 4. The molecule has 0 spiro atoms. The van der Waals surface area contributed by atoms with E-state index in [4.69, 9.17) is 48.1 Å². The summed E-state index contributed by atoms with van der Waals surface area (Å²) in [4.78, 5) is 104. The quantitative estimate of drug-likeness (QED) is 0.0488. The van der Waals surface area contributed by atoms with Crippen LogP contribution in [0.5, 0.6) is 11.5 Å². The van der Waals surface area contributed by atoms with E-state index in [2.05, 4.69) is 76.1 Å². The number of hydrogen-bond donors (Lipinski definition) is 4. The Kier molecular flexibility index (Phi) is 20.6. The van der Waals surface area contributed by atoms with Crippen molar-refractivity contribution in [2.45, 2.75) is 205 Å². The number of methoxy groups -OCH3 is 4. The Bertz CT molecular complexity index is 4340. The van der Waals surface area contributed by atoms with Gasteiger partial charge in [0.15, 0.2) is 6.10 Å². The summed E-state index contributed by atoms with van der Waals surface area (Å²) in [6, 6.07) is 18.8. The second-order valence-electron chi connectivity index (χ2n) is 30.5. The van der Waals surface area contributed by atoms with Crippen LogP contribution >= 0.6 is 0 Å². The van der Waals surface area contributed by atoms with E-state index >= 15 is 0 Å². The number of rotatable bonds is 17. The first-order valence-corrected chi connectivity index (χ1v) is 37.1. The molecule has 2 aromatic heterocycles. The molecule has 22 heteroatoms. The Morgan fingerprint density at radius 2 is 1.10 bits per heavy atom. The Labute approximate surface area is 602 Å². The Morgan fingerprint density at radius 3 is 1.64 bits per heavy atom. The lowest BCUT2D eigenvalue weighted by Crippen LogP contribution is -2.56. The van der Waals surface area contributed by atoms with E-state index < -0.39 is 42.4 Å². The van der Waals surface area contributed by atoms with Gasteiger partial charge in [0.05, 0.1) is 44.0 Å². The summed E-state index contributed by atoms with van der Waals surface area (Å²) < 4.78 is 38.9. The summed E-state index contributed by atoms with van der Waals surface area (Å²) in [5.41, 5.74) is 18.1. The number of aromatic amines is 2. The van der Waals surface area contributed by atoms with E-state index in [1.807, 2.05) is 58.0 Å². The zero-order chi connectivity index (χ0) is 72.1. The molecule has 544 valence electrons. The zero-order valence-corrected chi connectivity index (χ0v) is 60.9. The van der Waals surface area contributed by atoms with Gasteiger partial charge in [-0.15, -0.1) is 0 Å². The Hall–Kier alpha value is -9.15. The molecule has 22 nitrogen and oxygen atoms in total. The predicted molar refractivity (Wildman–Crippen MR) is 388 cm³/mol. The number of hydrogen-bond acceptors (Lipinski definition) is 16. The highest BCUT2D eigenvalue weighted by molar-refractivity contribution is 6.07. The molecule has 6 aromatic rings. The molecule has 9 aliphatic rings. The van der Waals surface area contributed by atoms with Crippen molar-refractivity contribution in [1.82, 2.24) is 40.4 Å². The summed E-state index contributed by atoms with van der Waals surface area (Å²) in [5, 5.41) is 5.38. The van der Waals surface area contributed by atoms with Crippen molar-refractivity contribution < 1.29 is 61.9 Å². The molecule has 4 aromatic carbocycles. The third-order valence-electron chi connectivity index (χ3n) is 23.2. The molecule has 11 atom stereocenters. The monoisotopic (exact) mass is 1400 g/mol. The molecule has 5 aliphatic heterocycles. The number of imidazole rings is 2. The largest absolute Gasteiger partial charge is 0.488 e. The molecule has 103 heavy (non-hydrogen) atoms. The molecule has 2 saturated carbocycles. The van der Waals surface area contributed by atoms with E-state index in [1.165, 1.54) is 53.4 Å². The van der Waals surface area contributed by atoms with Crippen LogP contribution in [-0.2, 0) is 64.1 Å². The number of benzene rings is 4. The maximum Gasteiger partial charge on any atom is 0.407 e. The van der Waals surface area contributed by atoms with Gasteiger partial charge in [-0.05, 0) is 219 Å². The molecule has 7 heterocycles. The van der Waals surface area contributed by atoms with Crippen molar-refractivity contribution in [2.24, 2.45) is 28.7 Å². The number of aryl methyl sites for hydroxylation is 2. The summed E-state index contributed by atoms with van der Waals surface area (Å²) in [6.07, 6.45) is 14.6. The lowest BCUT2D eigenvalue weighted by atomic mass is 9.83. The first-order valence-electron chi connectivity index (χ1n) is 37.1. The van der Waals surface area contributed by atoms with Crippen LogP contribution in [0, 0.1) is 23.7 Å². The Morgan fingerprint density at radius 1 is 0.573 bits per heavy atom. The number of H-pyrrole nitrogens is 2. The van der Waals surface area contributed by atoms with E-state index in [0.717, 1.165) is 157 Å². The van der Waals surface area contributed by atoms with Crippen LogP contribution in [0.4, 0.5) is 9.59 Å². The van der Waals surface area contributed by atoms with E-state index in [9.17, 15) is 28.8 Å². The smallest absolute Gasteiger partial charge is 0.407 e. The number of carbonyl (C=O) groups is 6. The van der Waals surface area contributed by atoms with Gasteiger partial charge < -0.3 is 63.6 Å². The number of allylic oxidation sites excluding steroid dienone is 2. The minimum Gasteiger partial charge on any atom is -0.488 e. The molecule has 1 unspecified atom stereocenters. The third kappa shape index (κ3) is 14.1. The number of nitrogens with zero attached hydrogens (tertiary/aromatic N) is 5. The number of carbonyl (C=O) groups excluding carboxylic acids is 6. The molecule has 0 bridgehead atoms. The van der Waals surface area contributed by atoms with Crippen molar-refractivity contribution >= 4 is 47.0 Å². The van der Waals surface area contributed by atoms with Gasteiger partial charge >= 0.3 is 18.2 Å². The second kappa shape index (κ2) is 29.9. The average molecular weight is 1400 g/mol. The number of likely N-dealkylation sites (tertiary alicyclic amines) is 2. The van der Waals surface area contributed by atoms with E-state index in [-0.39, 0.29) is 47.6 Å². The van der Waals surface area contributed by atoms with Crippen LogP contribution in [0.3, 0.4) is 0 Å². The highest BCUT2D eigenvalue weighted by Gasteiger charge is 2.47. The minimum absolute atomic E-state index is 0.0632. The minimum atomic E-state index is -0.965. The van der Waals surface area contributed by atoms with Gasteiger partial charge in [0.25, 0.3) is 0 Å². The molecule has 2 saturated heterocycles. The number of nitrogens with one attached hydrogen (secondary N) is 4. The molecule has 4 N–H and O–H groups in total. The van der Waals surface area contributed by atoms with Crippen molar-refractivity contribution in [3.8, 4) is 56.3 Å². The van der Waals surface area contributed by atoms with E-state index in [1.54, 1.807) is 20.3 Å². The fourth-order valence-corrected chi connectivity index (χ4v) is 17.6. The SMILES string of the molecule is COC[C@@H]1CC[C@H](c2ncc(-c3ccc4c(c3)COc3cc5c(cc3-4)CCC(OC(=O)[C@@H]3CC[C@H](C)N3C(=O)[C@@H](NC(=O)OC)C(C)C)C5=O)[nH]2)C1.COC[C@@H]1CC[C@H](c2ncc(-c3ccc4c(c3)COc3cc5c(cc3-4)CCC3=C5CC([C@@H]4CC[C@H](C)N4C(=O)[C@@H](NC(=O)OC)C(C)C)=N3)[nH]2)C1. The summed E-state index contributed by atoms with van der Waals surface area (Å²) in [7, 11) is 6.10. The first-order chi connectivity index (χ1) is 49.8. The normalized spacial score (nSPS) is 24.1. The molecule has 4 fully saturated rings. The van der Waals surface area contributed by atoms with Crippen LogP contribution in [-0.4, -0.2) is 155 Å². The second-order valence-corrected chi connectivity index (χ2v) is 30.5. The van der Waals surface area contributed by atoms with Crippen LogP contribution in [0.2, 0.25) is 0 Å². The van der Waals surface area contributed by atoms with Gasteiger partial charge in [0.1, 0.15) is 54.5 Å². The lowest BCUT2D eigenvalue weighted by molar-refractivity contribution is -0.158. The van der Waals surface area contributed by atoms with Crippen molar-refractivity contribution in [1.29, 1.82) is 0 Å². The van der Waals surface area contributed by atoms with Crippen molar-refractivity contribution in [3.63, 3.8) is 0 Å². The maximum atomic E-state index is 13.9. The topological polar surface area (TPSA) is 267 Å². The standard InChI is InChI=1S/C41H49N5O5.C40H48N4O8/c1-22(2)38(45-41(48)50-5)40(47)46-23(3)6-13-36(46)34-17-31-30-18-37-32(16-25(30)10-12-33(31)43-34)29-11-9-26(15-28(29)21-51-37)35-19-42-39(44-35)27-8-7-24(14-27)20-49-4;1-21(2)35(43-40(48)50-5)38(46)44-22(3)6-12-32(44)39(47)52-33-13-10-24-16-30-28-11-9-25(15-27(28)20-51-34(30)17-29(24)36(33)45)31-18-41-37(42-31)26-8-7-23(14-26)19-49-4/h9,11,15-16,18-19,22-24,27,36,38H,6-8,10,12-14,17,20-21H2,1-5H3,(H,42,44)(H,45,48);9,11,15-18,21-23,26,32-33,35H,6-8,10,12-14,19-20H2,1-5H3,(H,41,42)(H,43,48)/t23-,24+,27-,36-,38-;22-,23+,26-,32-,33?,35-/m00/s1. The summed E-state index contributed by atoms with van der Waals surface area (Å²) in [5.74, 6) is 4.08. The maximum absolute atomic E-state index is 13.9. The van der Waals surface area contributed by atoms with E-state index in [0.29, 0.717) is 73.9 Å². The third-order valence-corrected chi connectivity index (χ3v) is 23.2. The Balaban J connectivity index is 0.000000174. The van der Waals surface area contributed by atoms with Crippen molar-refractivity contribution in [3.05, 3.63) is 124 Å². The van der Waals surface area contributed by atoms with Gasteiger partial charge in [-0.25, -0.2) is 24.4 Å². The highest BCUT2D eigenvalue weighted by atomic mass is 16.6. The highest BCUT2D eigenvalue weighted by Crippen LogP contribution is 2.49. The van der Waals surface area contributed by atoms with Crippen LogP contribution < -0.4 is 20.1 Å². The van der Waals surface area contributed by atoms with Crippen LogP contribution in [0.25, 0.3) is 50.3 Å². The molecule has 4 aliphatic carbocycles. The van der Waals surface area contributed by atoms with Gasteiger partial charge in [-0.3, -0.25) is 19.4 Å². The number of ketones is 1. The number of aliphatic imine (C=N–C) groups is 1. The number of amides is 4. The van der Waals surface area contributed by atoms with Gasteiger partial charge in [-0.2, -0.15) is 0 Å². The number of alkyl carbamates (subject to hydrolysis) is 2. The fourth-order valence-electron chi connectivity index (χ4n) is 17.6. The number of Topliss-reactive ketones (excluding diaryl/α,β-unsaturated/α-hetero) is 1. The molecule has 15 rings (SSSR count). The zero-order valence-electron chi connectivity index (χ0n) is 60.9. The molecular formula is C81H97N9O13.